The van der Waals surface area contributed by atoms with Gasteiger partial charge in [-0.3, -0.25) is 9.59 Å². The van der Waals surface area contributed by atoms with Crippen LogP contribution < -0.4 is 20.1 Å². The summed E-state index contributed by atoms with van der Waals surface area (Å²) in [4.78, 5) is 25.1. The molecule has 28 heavy (non-hydrogen) atoms. The van der Waals surface area contributed by atoms with Crippen LogP contribution in [0.5, 0.6) is 11.5 Å². The summed E-state index contributed by atoms with van der Waals surface area (Å²) in [6, 6.07) is 14.0. The van der Waals surface area contributed by atoms with Crippen molar-refractivity contribution < 1.29 is 19.1 Å². The van der Waals surface area contributed by atoms with E-state index in [1.165, 1.54) is 0 Å². The van der Waals surface area contributed by atoms with Gasteiger partial charge in [0.05, 0.1) is 13.7 Å². The van der Waals surface area contributed by atoms with Gasteiger partial charge in [-0.1, -0.05) is 38.1 Å². The molecule has 2 aromatic carbocycles. The highest BCUT2D eigenvalue weighted by Gasteiger charge is 2.24. The zero-order valence-electron chi connectivity index (χ0n) is 16.8. The van der Waals surface area contributed by atoms with Gasteiger partial charge >= 0.3 is 0 Å². The molecule has 150 valence electrons. The molecule has 6 heteroatoms. The van der Waals surface area contributed by atoms with Gasteiger partial charge < -0.3 is 20.1 Å². The molecule has 1 atom stereocenters. The van der Waals surface area contributed by atoms with E-state index in [4.69, 9.17) is 9.47 Å². The average Bonchev–Trinajstić information content (AvgIpc) is 2.69. The monoisotopic (exact) mass is 384 g/mol. The van der Waals surface area contributed by atoms with Gasteiger partial charge in [-0.2, -0.15) is 0 Å². The van der Waals surface area contributed by atoms with Crippen LogP contribution in [0.25, 0.3) is 0 Å². The Kier molecular flexibility index (Phi) is 7.87. The summed E-state index contributed by atoms with van der Waals surface area (Å²) in [6.45, 7) is 6.31. The standard InChI is InChI=1S/C22H28N2O4/c1-15(2)20(24-21(25)19-11-6-5-8-16(19)3)22(26)23-12-13-28-18-10-7-9-17(14-18)27-4/h5-11,14-15,20H,12-13H2,1-4H3,(H,23,26)(H,24,25). The van der Waals surface area contributed by atoms with Crippen molar-refractivity contribution in [3.63, 3.8) is 0 Å². The summed E-state index contributed by atoms with van der Waals surface area (Å²) < 4.78 is 10.8. The molecule has 0 radical (unpaired) electrons. The van der Waals surface area contributed by atoms with E-state index in [9.17, 15) is 9.59 Å². The van der Waals surface area contributed by atoms with E-state index in [0.29, 0.717) is 30.2 Å². The summed E-state index contributed by atoms with van der Waals surface area (Å²) in [7, 11) is 1.59. The third-order valence-corrected chi connectivity index (χ3v) is 4.34. The largest absolute Gasteiger partial charge is 0.497 e. The lowest BCUT2D eigenvalue weighted by molar-refractivity contribution is -0.124. The Morgan fingerprint density at radius 2 is 1.75 bits per heavy atom. The number of hydrogen-bond acceptors (Lipinski definition) is 4. The lowest BCUT2D eigenvalue weighted by atomic mass is 10.0. The van der Waals surface area contributed by atoms with Crippen molar-refractivity contribution in [3.8, 4) is 11.5 Å². The first-order valence-corrected chi connectivity index (χ1v) is 9.33. The Morgan fingerprint density at radius 1 is 1.04 bits per heavy atom. The molecule has 2 aromatic rings. The quantitative estimate of drug-likeness (QED) is 0.652. The molecule has 0 aliphatic heterocycles. The highest BCUT2D eigenvalue weighted by atomic mass is 16.5. The number of nitrogens with one attached hydrogen (secondary N) is 2. The molecule has 2 rings (SSSR count). The molecule has 0 saturated heterocycles. The first kappa shape index (κ1) is 21.3. The van der Waals surface area contributed by atoms with Gasteiger partial charge in [0.2, 0.25) is 5.91 Å². The highest BCUT2D eigenvalue weighted by Crippen LogP contribution is 2.18. The molecule has 0 aromatic heterocycles. The van der Waals surface area contributed by atoms with E-state index >= 15 is 0 Å². The number of rotatable bonds is 9. The molecular formula is C22H28N2O4. The molecule has 0 bridgehead atoms. The second kappa shape index (κ2) is 10.3. The van der Waals surface area contributed by atoms with Crippen LogP contribution in [-0.2, 0) is 4.79 Å². The summed E-state index contributed by atoms with van der Waals surface area (Å²) in [6.07, 6.45) is 0. The fraction of sp³-hybridized carbons (Fsp3) is 0.364. The van der Waals surface area contributed by atoms with Crippen LogP contribution in [0, 0.1) is 12.8 Å². The molecule has 2 N–H and O–H groups in total. The Labute approximate surface area is 166 Å². The van der Waals surface area contributed by atoms with Crippen LogP contribution in [0.3, 0.4) is 0 Å². The molecular weight excluding hydrogens is 356 g/mol. The lowest BCUT2D eigenvalue weighted by Gasteiger charge is -2.22. The summed E-state index contributed by atoms with van der Waals surface area (Å²) in [5.41, 5.74) is 1.44. The summed E-state index contributed by atoms with van der Waals surface area (Å²) >= 11 is 0. The molecule has 6 nitrogen and oxygen atoms in total. The Balaban J connectivity index is 1.87. The zero-order valence-corrected chi connectivity index (χ0v) is 16.8. The number of carbonyl (C=O) groups is 2. The van der Waals surface area contributed by atoms with Gasteiger partial charge in [-0.15, -0.1) is 0 Å². The van der Waals surface area contributed by atoms with E-state index in [0.717, 1.165) is 5.56 Å². The number of amides is 2. The lowest BCUT2D eigenvalue weighted by Crippen LogP contribution is -2.50. The van der Waals surface area contributed by atoms with Gasteiger partial charge in [0.1, 0.15) is 24.1 Å². The minimum Gasteiger partial charge on any atom is -0.497 e. The van der Waals surface area contributed by atoms with Crippen molar-refractivity contribution in [2.24, 2.45) is 5.92 Å². The minimum absolute atomic E-state index is 0.0488. The minimum atomic E-state index is -0.621. The molecule has 2 amide bonds. The predicted octanol–water partition coefficient (Wildman–Crippen LogP) is 2.95. The molecule has 0 aliphatic rings. The third kappa shape index (κ3) is 6.01. The fourth-order valence-electron chi connectivity index (χ4n) is 2.73. The van der Waals surface area contributed by atoms with Gasteiger partial charge in [-0.05, 0) is 36.6 Å². The molecule has 0 spiro atoms. The van der Waals surface area contributed by atoms with E-state index < -0.39 is 6.04 Å². The SMILES string of the molecule is COc1cccc(OCCNC(=O)C(NC(=O)c2ccccc2C)C(C)C)c1. The topological polar surface area (TPSA) is 76.7 Å². The molecule has 0 fully saturated rings. The first-order chi connectivity index (χ1) is 13.4. The highest BCUT2D eigenvalue weighted by molar-refractivity contribution is 5.98. The maximum Gasteiger partial charge on any atom is 0.252 e. The average molecular weight is 384 g/mol. The van der Waals surface area contributed by atoms with Crippen LogP contribution >= 0.6 is 0 Å². The number of ether oxygens (including phenoxy) is 2. The smallest absolute Gasteiger partial charge is 0.252 e. The maximum absolute atomic E-state index is 12.5. The number of aryl methyl sites for hydroxylation is 1. The fourth-order valence-corrected chi connectivity index (χ4v) is 2.73. The van der Waals surface area contributed by atoms with Crippen molar-refractivity contribution in [2.45, 2.75) is 26.8 Å². The zero-order chi connectivity index (χ0) is 20.5. The van der Waals surface area contributed by atoms with Crippen LogP contribution in [0.15, 0.2) is 48.5 Å². The van der Waals surface area contributed by atoms with Gasteiger partial charge in [-0.25, -0.2) is 0 Å². The molecule has 0 aliphatic carbocycles. The van der Waals surface area contributed by atoms with Crippen molar-refractivity contribution >= 4 is 11.8 Å². The van der Waals surface area contributed by atoms with Crippen molar-refractivity contribution in [1.29, 1.82) is 0 Å². The number of benzene rings is 2. The predicted molar refractivity (Wildman–Crippen MR) is 109 cm³/mol. The molecule has 0 heterocycles. The van der Waals surface area contributed by atoms with E-state index in [-0.39, 0.29) is 17.7 Å². The van der Waals surface area contributed by atoms with E-state index in [2.05, 4.69) is 10.6 Å². The van der Waals surface area contributed by atoms with Crippen LogP contribution in [0.1, 0.15) is 29.8 Å². The van der Waals surface area contributed by atoms with E-state index in [1.54, 1.807) is 19.2 Å². The van der Waals surface area contributed by atoms with Crippen LogP contribution in [0.2, 0.25) is 0 Å². The summed E-state index contributed by atoms with van der Waals surface area (Å²) in [5.74, 6) is 0.847. The number of carbonyl (C=O) groups excluding carboxylic acids is 2. The van der Waals surface area contributed by atoms with Gasteiger partial charge in [0.15, 0.2) is 0 Å². The van der Waals surface area contributed by atoms with Gasteiger partial charge in [0, 0.05) is 11.6 Å². The Morgan fingerprint density at radius 3 is 2.43 bits per heavy atom. The normalized spacial score (nSPS) is 11.6. The molecule has 0 saturated carbocycles. The number of methoxy groups -OCH3 is 1. The molecule has 1 unspecified atom stereocenters. The second-order valence-corrected chi connectivity index (χ2v) is 6.83. The van der Waals surface area contributed by atoms with E-state index in [1.807, 2.05) is 57.2 Å². The van der Waals surface area contributed by atoms with Crippen LogP contribution in [-0.4, -0.2) is 38.1 Å². The maximum atomic E-state index is 12.5. The third-order valence-electron chi connectivity index (χ3n) is 4.34. The second-order valence-electron chi connectivity index (χ2n) is 6.83. The first-order valence-electron chi connectivity index (χ1n) is 9.33. The van der Waals surface area contributed by atoms with Crippen molar-refractivity contribution in [1.82, 2.24) is 10.6 Å². The Bertz CT molecular complexity index is 805. The van der Waals surface area contributed by atoms with Crippen molar-refractivity contribution in [2.75, 3.05) is 20.3 Å². The number of hydrogen-bond donors (Lipinski definition) is 2. The van der Waals surface area contributed by atoms with Crippen molar-refractivity contribution in [3.05, 3.63) is 59.7 Å². The van der Waals surface area contributed by atoms with Gasteiger partial charge in [0.25, 0.3) is 5.91 Å². The summed E-state index contributed by atoms with van der Waals surface area (Å²) in [5, 5.41) is 5.66. The van der Waals surface area contributed by atoms with Crippen LogP contribution in [0.4, 0.5) is 0 Å². The Hall–Kier alpha value is -3.02.